The average molecular weight is 551 g/mol. The minimum atomic E-state index is -4.58. The molecule has 0 bridgehead atoms. The van der Waals surface area contributed by atoms with E-state index in [-0.39, 0.29) is 19.4 Å². The molecule has 0 aliphatic rings. The van der Waals surface area contributed by atoms with E-state index < -0.39 is 51.8 Å². The van der Waals surface area contributed by atoms with Crippen molar-refractivity contribution in [2.75, 3.05) is 26.4 Å². The molecule has 0 aromatic heterocycles. The molecule has 11 heteroatoms. The molecule has 37 heavy (non-hydrogen) atoms. The smallest absolute Gasteiger partial charge is 0.462 e. The first kappa shape index (κ1) is 35.5. The minimum Gasteiger partial charge on any atom is -0.462 e. The molecule has 0 amide bonds. The van der Waals surface area contributed by atoms with Crippen molar-refractivity contribution in [1.29, 1.82) is 0 Å². The van der Waals surface area contributed by atoms with Crippen molar-refractivity contribution in [1.82, 2.24) is 0 Å². The van der Waals surface area contributed by atoms with Crippen LogP contribution < -0.4 is 0 Å². The first-order valence-electron chi connectivity index (χ1n) is 13.3. The Morgan fingerprint density at radius 3 is 2.14 bits per heavy atom. The monoisotopic (exact) mass is 550 g/mol. The van der Waals surface area contributed by atoms with Crippen molar-refractivity contribution < 1.29 is 47.8 Å². The maximum atomic E-state index is 12.2. The molecule has 0 radical (unpaired) electrons. The molecule has 0 aromatic carbocycles. The summed E-state index contributed by atoms with van der Waals surface area (Å²) in [5, 5.41) is 18.0. The second-order valence-corrected chi connectivity index (χ2v) is 10.2. The molecule has 3 unspecified atom stereocenters. The number of hydrogen-bond acceptors (Lipinski definition) is 9. The number of esters is 2. The molecule has 0 heterocycles. The molecule has 0 aliphatic heterocycles. The highest BCUT2D eigenvalue weighted by atomic mass is 31.2. The van der Waals surface area contributed by atoms with E-state index in [2.05, 4.69) is 35.8 Å². The van der Waals surface area contributed by atoms with Crippen molar-refractivity contribution in [2.24, 2.45) is 0 Å². The lowest BCUT2D eigenvalue weighted by molar-refractivity contribution is -0.161. The second kappa shape index (κ2) is 23.6. The molecule has 3 N–H and O–H groups in total. The van der Waals surface area contributed by atoms with Crippen molar-refractivity contribution in [2.45, 2.75) is 103 Å². The third-order valence-corrected chi connectivity index (χ3v) is 6.01. The van der Waals surface area contributed by atoms with Crippen LogP contribution in [-0.2, 0) is 32.7 Å². The Morgan fingerprint density at radius 2 is 1.46 bits per heavy atom. The summed E-state index contributed by atoms with van der Waals surface area (Å²) in [6.07, 6.45) is 16.3. The van der Waals surface area contributed by atoms with Gasteiger partial charge in [-0.25, -0.2) is 4.57 Å². The number of hydrogen-bond donors (Lipinski definition) is 3. The molecular formula is C26H47O10P. The van der Waals surface area contributed by atoms with Crippen LogP contribution in [0.25, 0.3) is 0 Å². The molecule has 0 aromatic rings. The fourth-order valence-corrected chi connectivity index (χ4v) is 3.80. The van der Waals surface area contributed by atoms with Crippen LogP contribution >= 0.6 is 7.82 Å². The van der Waals surface area contributed by atoms with Gasteiger partial charge in [-0.3, -0.25) is 18.6 Å². The van der Waals surface area contributed by atoms with Gasteiger partial charge in [-0.15, -0.1) is 0 Å². The number of carbonyl (C=O) groups excluding carboxylic acids is 2. The van der Waals surface area contributed by atoms with Gasteiger partial charge in [0.2, 0.25) is 0 Å². The molecule has 0 spiro atoms. The topological polar surface area (TPSA) is 149 Å². The third-order valence-electron chi connectivity index (χ3n) is 5.06. The first-order valence-corrected chi connectivity index (χ1v) is 14.8. The van der Waals surface area contributed by atoms with Crippen molar-refractivity contribution in [3.8, 4) is 0 Å². The summed E-state index contributed by atoms with van der Waals surface area (Å²) >= 11 is 0. The van der Waals surface area contributed by atoms with E-state index in [0.717, 1.165) is 44.9 Å². The van der Waals surface area contributed by atoms with E-state index >= 15 is 0 Å². The maximum absolute atomic E-state index is 12.2. The Labute approximate surface area is 221 Å². The van der Waals surface area contributed by atoms with Gasteiger partial charge in [0, 0.05) is 12.8 Å². The number of ether oxygens (including phenoxy) is 2. The Balaban J connectivity index is 4.30. The van der Waals surface area contributed by atoms with Gasteiger partial charge in [-0.2, -0.15) is 0 Å². The second-order valence-electron chi connectivity index (χ2n) is 8.71. The van der Waals surface area contributed by atoms with Crippen LogP contribution in [0.5, 0.6) is 0 Å². The van der Waals surface area contributed by atoms with Crippen molar-refractivity contribution in [3.63, 3.8) is 0 Å². The molecule has 0 rings (SSSR count). The van der Waals surface area contributed by atoms with Gasteiger partial charge in [0.05, 0.1) is 19.8 Å². The number of carbonyl (C=O) groups is 2. The van der Waals surface area contributed by atoms with Crippen molar-refractivity contribution in [3.05, 3.63) is 24.3 Å². The summed E-state index contributed by atoms with van der Waals surface area (Å²) in [6, 6.07) is 0. The Morgan fingerprint density at radius 1 is 0.811 bits per heavy atom. The fraction of sp³-hybridized carbons (Fsp3) is 0.769. The molecule has 216 valence electrons. The average Bonchev–Trinajstić information content (AvgIpc) is 2.87. The quantitative estimate of drug-likeness (QED) is 0.0664. The molecule has 10 nitrogen and oxygen atoms in total. The highest BCUT2D eigenvalue weighted by Crippen LogP contribution is 2.43. The highest BCUT2D eigenvalue weighted by Gasteiger charge is 2.27. The molecule has 0 fully saturated rings. The zero-order valence-electron chi connectivity index (χ0n) is 22.4. The third kappa shape index (κ3) is 23.3. The summed E-state index contributed by atoms with van der Waals surface area (Å²) in [5.41, 5.74) is 0. The molecule has 3 atom stereocenters. The normalized spacial score (nSPS) is 15.1. The Hall–Kier alpha value is -1.55. The van der Waals surface area contributed by atoms with Gasteiger partial charge in [0.15, 0.2) is 6.10 Å². The lowest BCUT2D eigenvalue weighted by Crippen LogP contribution is -2.29. The summed E-state index contributed by atoms with van der Waals surface area (Å²) < 4.78 is 31.7. The van der Waals surface area contributed by atoms with Gasteiger partial charge < -0.3 is 24.6 Å². The maximum Gasteiger partial charge on any atom is 0.472 e. The first-order chi connectivity index (χ1) is 17.7. The predicted molar refractivity (Wildman–Crippen MR) is 141 cm³/mol. The SMILES string of the molecule is CCC/C=C\C/C=C\CCCCCCCC(=O)OC(COC(=O)CCC)COP(=O)(O)OCC(O)CO. The van der Waals surface area contributed by atoms with Crippen LogP contribution in [-0.4, -0.2) is 65.7 Å². The number of aliphatic hydroxyl groups excluding tert-OH is 2. The summed E-state index contributed by atoms with van der Waals surface area (Å²) in [7, 11) is -4.58. The largest absolute Gasteiger partial charge is 0.472 e. The lowest BCUT2D eigenvalue weighted by atomic mass is 10.1. The number of phosphoric acid groups is 1. The Kier molecular flexibility index (Phi) is 22.6. The van der Waals surface area contributed by atoms with Crippen LogP contribution in [0.4, 0.5) is 0 Å². The predicted octanol–water partition coefficient (Wildman–Crippen LogP) is 4.76. The minimum absolute atomic E-state index is 0.166. The van der Waals surface area contributed by atoms with Crippen LogP contribution in [0.2, 0.25) is 0 Å². The van der Waals surface area contributed by atoms with E-state index in [1.807, 2.05) is 6.92 Å². The van der Waals surface area contributed by atoms with Crippen LogP contribution in [0.1, 0.15) is 90.9 Å². The number of unbranched alkanes of at least 4 members (excludes halogenated alkanes) is 6. The molecular weight excluding hydrogens is 503 g/mol. The van der Waals surface area contributed by atoms with Gasteiger partial charge >= 0.3 is 19.8 Å². The summed E-state index contributed by atoms with van der Waals surface area (Å²) in [6.45, 7) is 1.83. The van der Waals surface area contributed by atoms with E-state index in [0.29, 0.717) is 12.8 Å². The van der Waals surface area contributed by atoms with Crippen LogP contribution in [0, 0.1) is 0 Å². The zero-order chi connectivity index (χ0) is 27.8. The number of rotatable bonds is 24. The van der Waals surface area contributed by atoms with Gasteiger partial charge in [-0.05, 0) is 38.5 Å². The van der Waals surface area contributed by atoms with Gasteiger partial charge in [0.1, 0.15) is 12.7 Å². The van der Waals surface area contributed by atoms with E-state index in [1.165, 1.54) is 6.42 Å². The van der Waals surface area contributed by atoms with E-state index in [4.69, 9.17) is 19.1 Å². The van der Waals surface area contributed by atoms with Crippen LogP contribution in [0.15, 0.2) is 24.3 Å². The lowest BCUT2D eigenvalue weighted by Gasteiger charge is -2.20. The number of phosphoric ester groups is 1. The Bertz CT molecular complexity index is 695. The molecule has 0 aliphatic carbocycles. The molecule has 0 saturated carbocycles. The number of allylic oxidation sites excluding steroid dienone is 4. The standard InChI is InChI=1S/C26H47O10P/c1-3-5-6-7-8-9-10-11-12-13-14-15-16-18-26(30)36-24(21-33-25(29)17-4-2)22-35-37(31,32)34-20-23(28)19-27/h6-7,9-10,23-24,27-28H,3-5,8,11-22H2,1-2H3,(H,31,32)/b7-6-,10-9-. The zero-order valence-corrected chi connectivity index (χ0v) is 23.3. The molecule has 0 saturated heterocycles. The summed E-state index contributed by atoms with van der Waals surface area (Å²) in [4.78, 5) is 33.6. The summed E-state index contributed by atoms with van der Waals surface area (Å²) in [5.74, 6) is -1.01. The van der Waals surface area contributed by atoms with Gasteiger partial charge in [-0.1, -0.05) is 63.8 Å². The van der Waals surface area contributed by atoms with Crippen molar-refractivity contribution >= 4 is 19.8 Å². The van der Waals surface area contributed by atoms with Gasteiger partial charge in [0.25, 0.3) is 0 Å². The van der Waals surface area contributed by atoms with E-state index in [9.17, 15) is 24.2 Å². The van der Waals surface area contributed by atoms with Crippen LogP contribution in [0.3, 0.4) is 0 Å². The van der Waals surface area contributed by atoms with E-state index in [1.54, 1.807) is 0 Å². The fourth-order valence-electron chi connectivity index (χ4n) is 3.01. The highest BCUT2D eigenvalue weighted by molar-refractivity contribution is 7.47. The number of aliphatic hydroxyl groups is 2.